The molecule has 0 unspecified atom stereocenters. The van der Waals surface area contributed by atoms with Crippen molar-refractivity contribution < 1.29 is 17.9 Å². The van der Waals surface area contributed by atoms with Crippen LogP contribution in [-0.4, -0.2) is 31.4 Å². The number of nitrogens with one attached hydrogen (secondary N) is 1. The van der Waals surface area contributed by atoms with Gasteiger partial charge in [0, 0.05) is 16.2 Å². The molecule has 0 heterocycles. The molecule has 1 aliphatic rings. The summed E-state index contributed by atoms with van der Waals surface area (Å²) in [6.07, 6.45) is 2.32. The van der Waals surface area contributed by atoms with E-state index in [2.05, 4.69) is 5.32 Å². The molecule has 0 spiro atoms. The van der Waals surface area contributed by atoms with Gasteiger partial charge in [-0.3, -0.25) is 0 Å². The third-order valence-electron chi connectivity index (χ3n) is 2.90. The quantitative estimate of drug-likeness (QED) is 0.809. The monoisotopic (exact) mass is 297 g/mol. The van der Waals surface area contributed by atoms with E-state index in [0.29, 0.717) is 6.42 Å². The second kappa shape index (κ2) is 5.25. The first-order valence-corrected chi connectivity index (χ1v) is 8.43. The molecule has 106 valence electrons. The average Bonchev–Trinajstić information content (AvgIpc) is 2.04. The number of hydrogen-bond donors (Lipinski definition) is 1. The van der Waals surface area contributed by atoms with Gasteiger partial charge in [-0.1, -0.05) is 0 Å². The van der Waals surface area contributed by atoms with Crippen LogP contribution in [-0.2, 0) is 13.8 Å². The summed E-state index contributed by atoms with van der Waals surface area (Å²) in [5.74, 6) is -0.135. The van der Waals surface area contributed by atoms with Gasteiger partial charge in [0.2, 0.25) is 9.05 Å². The van der Waals surface area contributed by atoms with Crippen LogP contribution in [0.3, 0.4) is 0 Å². The Morgan fingerprint density at radius 1 is 1.39 bits per heavy atom. The molecule has 1 N–H and O–H groups in total. The number of amides is 1. The van der Waals surface area contributed by atoms with Crippen LogP contribution in [0.2, 0.25) is 0 Å². The normalized spacial score (nSPS) is 18.9. The lowest BCUT2D eigenvalue weighted by Gasteiger charge is -2.42. The largest absolute Gasteiger partial charge is 0.444 e. The molecule has 1 amide bonds. The van der Waals surface area contributed by atoms with Crippen molar-refractivity contribution in [3.8, 4) is 0 Å². The van der Waals surface area contributed by atoms with Gasteiger partial charge in [-0.2, -0.15) is 0 Å². The summed E-state index contributed by atoms with van der Waals surface area (Å²) in [5, 5.41) is 2.77. The Morgan fingerprint density at radius 2 is 1.94 bits per heavy atom. The molecule has 0 saturated heterocycles. The molecular weight excluding hydrogens is 278 g/mol. The van der Waals surface area contributed by atoms with Crippen LogP contribution >= 0.6 is 10.7 Å². The van der Waals surface area contributed by atoms with Crippen LogP contribution in [0.15, 0.2) is 0 Å². The molecule has 0 aliphatic heterocycles. The first-order valence-electron chi connectivity index (χ1n) is 5.95. The minimum atomic E-state index is -3.52. The third-order valence-corrected chi connectivity index (χ3v) is 4.06. The van der Waals surface area contributed by atoms with Crippen molar-refractivity contribution in [1.82, 2.24) is 5.32 Å². The number of hydrogen-bond acceptors (Lipinski definition) is 4. The number of alkyl carbamates (subject to hydrolysis) is 1. The predicted octanol–water partition coefficient (Wildman–Crippen LogP) is 2.39. The molecule has 0 aromatic rings. The summed E-state index contributed by atoms with van der Waals surface area (Å²) >= 11 is 0. The van der Waals surface area contributed by atoms with E-state index in [9.17, 15) is 13.2 Å². The molecule has 5 nitrogen and oxygen atoms in total. The highest BCUT2D eigenvalue weighted by molar-refractivity contribution is 8.13. The van der Waals surface area contributed by atoms with Gasteiger partial charge in [0.25, 0.3) is 0 Å². The van der Waals surface area contributed by atoms with Crippen molar-refractivity contribution >= 4 is 25.8 Å². The van der Waals surface area contributed by atoms with Crippen molar-refractivity contribution in [2.75, 3.05) is 5.75 Å². The number of carbonyl (C=O) groups excluding carboxylic acids is 1. The maximum absolute atomic E-state index is 11.7. The lowest BCUT2D eigenvalue weighted by molar-refractivity contribution is 0.0378. The number of halogens is 1. The van der Waals surface area contributed by atoms with Crippen molar-refractivity contribution in [3.63, 3.8) is 0 Å². The second-order valence-corrected chi connectivity index (χ2v) is 8.65. The average molecular weight is 298 g/mol. The van der Waals surface area contributed by atoms with E-state index in [1.165, 1.54) is 0 Å². The first-order chi connectivity index (χ1) is 8.02. The van der Waals surface area contributed by atoms with Gasteiger partial charge in [-0.05, 0) is 46.5 Å². The van der Waals surface area contributed by atoms with Crippen molar-refractivity contribution in [2.45, 2.75) is 57.6 Å². The van der Waals surface area contributed by atoms with Crippen LogP contribution in [0.25, 0.3) is 0 Å². The number of ether oxygens (including phenoxy) is 1. The summed E-state index contributed by atoms with van der Waals surface area (Å²) < 4.78 is 27.1. The summed E-state index contributed by atoms with van der Waals surface area (Å²) in [6.45, 7) is 5.34. The van der Waals surface area contributed by atoms with E-state index in [4.69, 9.17) is 15.4 Å². The van der Waals surface area contributed by atoms with Crippen LogP contribution in [0.4, 0.5) is 4.79 Å². The van der Waals surface area contributed by atoms with Gasteiger partial charge in [0.1, 0.15) is 5.60 Å². The van der Waals surface area contributed by atoms with Crippen LogP contribution < -0.4 is 5.32 Å². The topological polar surface area (TPSA) is 72.5 Å². The molecule has 0 bridgehead atoms. The SMILES string of the molecule is CC(C)(C)OC(=O)NC1(CCS(=O)(=O)Cl)CCC1. The zero-order valence-electron chi connectivity index (χ0n) is 11.0. The fourth-order valence-corrected chi connectivity index (χ4v) is 2.74. The lowest BCUT2D eigenvalue weighted by Crippen LogP contribution is -2.55. The maximum atomic E-state index is 11.7. The van der Waals surface area contributed by atoms with Gasteiger partial charge in [-0.25, -0.2) is 13.2 Å². The molecule has 1 aliphatic carbocycles. The van der Waals surface area contributed by atoms with Gasteiger partial charge < -0.3 is 10.1 Å². The van der Waals surface area contributed by atoms with E-state index in [-0.39, 0.29) is 5.75 Å². The summed E-state index contributed by atoms with van der Waals surface area (Å²) in [7, 11) is 1.67. The Labute approximate surface area is 113 Å². The van der Waals surface area contributed by atoms with Crippen LogP contribution in [0.1, 0.15) is 46.5 Å². The van der Waals surface area contributed by atoms with Gasteiger partial charge in [-0.15, -0.1) is 0 Å². The van der Waals surface area contributed by atoms with Crippen molar-refractivity contribution in [2.24, 2.45) is 0 Å². The van der Waals surface area contributed by atoms with E-state index in [1.807, 2.05) is 0 Å². The molecule has 0 aromatic carbocycles. The highest BCUT2D eigenvalue weighted by Gasteiger charge is 2.40. The Bertz CT molecular complexity index is 409. The van der Waals surface area contributed by atoms with E-state index < -0.39 is 26.3 Å². The van der Waals surface area contributed by atoms with Gasteiger partial charge in [0.15, 0.2) is 0 Å². The minimum absolute atomic E-state index is 0.135. The zero-order valence-corrected chi connectivity index (χ0v) is 12.5. The number of carbonyl (C=O) groups is 1. The fourth-order valence-electron chi connectivity index (χ4n) is 1.88. The summed E-state index contributed by atoms with van der Waals surface area (Å²) in [5.41, 5.74) is -1.03. The fraction of sp³-hybridized carbons (Fsp3) is 0.909. The highest BCUT2D eigenvalue weighted by atomic mass is 35.7. The molecule has 1 fully saturated rings. The Morgan fingerprint density at radius 3 is 2.28 bits per heavy atom. The third kappa shape index (κ3) is 5.44. The first kappa shape index (κ1) is 15.6. The molecule has 0 radical (unpaired) electrons. The molecular formula is C11H20ClNO4S. The van der Waals surface area contributed by atoms with Crippen molar-refractivity contribution in [3.05, 3.63) is 0 Å². The highest BCUT2D eigenvalue weighted by Crippen LogP contribution is 2.35. The smallest absolute Gasteiger partial charge is 0.408 e. The molecule has 0 aromatic heterocycles. The van der Waals surface area contributed by atoms with Crippen LogP contribution in [0, 0.1) is 0 Å². The summed E-state index contributed by atoms with van der Waals surface area (Å²) in [6, 6.07) is 0. The predicted molar refractivity (Wildman–Crippen MR) is 70.2 cm³/mol. The lowest BCUT2D eigenvalue weighted by atomic mass is 9.75. The Kier molecular flexibility index (Phi) is 4.54. The zero-order chi connectivity index (χ0) is 14.0. The van der Waals surface area contributed by atoms with E-state index in [1.54, 1.807) is 20.8 Å². The van der Waals surface area contributed by atoms with E-state index >= 15 is 0 Å². The van der Waals surface area contributed by atoms with E-state index in [0.717, 1.165) is 19.3 Å². The summed E-state index contributed by atoms with van der Waals surface area (Å²) in [4.78, 5) is 11.7. The molecule has 18 heavy (non-hydrogen) atoms. The van der Waals surface area contributed by atoms with Crippen molar-refractivity contribution in [1.29, 1.82) is 0 Å². The molecule has 0 atom stereocenters. The Hall–Kier alpha value is -0.490. The molecule has 1 saturated carbocycles. The second-order valence-electron chi connectivity index (χ2n) is 5.75. The maximum Gasteiger partial charge on any atom is 0.408 e. The molecule has 7 heteroatoms. The minimum Gasteiger partial charge on any atom is -0.444 e. The van der Waals surface area contributed by atoms with Gasteiger partial charge >= 0.3 is 6.09 Å². The van der Waals surface area contributed by atoms with Gasteiger partial charge in [0.05, 0.1) is 5.75 Å². The van der Waals surface area contributed by atoms with Crippen LogP contribution in [0.5, 0.6) is 0 Å². The number of rotatable bonds is 4. The molecule has 1 rings (SSSR count). The Balaban J connectivity index is 2.53. The standard InChI is InChI=1S/C11H20ClNO4S/c1-10(2,3)17-9(14)13-11(5-4-6-11)7-8-18(12,15)16/h4-8H2,1-3H3,(H,13,14).